The van der Waals surface area contributed by atoms with Crippen LogP contribution in [0.3, 0.4) is 0 Å². The second-order valence-corrected chi connectivity index (χ2v) is 5.18. The highest BCUT2D eigenvalue weighted by molar-refractivity contribution is 7.90. The Labute approximate surface area is 105 Å². The molecule has 0 radical (unpaired) electrons. The van der Waals surface area contributed by atoms with E-state index in [1.54, 1.807) is 0 Å². The Hall–Kier alpha value is -1.53. The first-order chi connectivity index (χ1) is 7.95. The molecule has 7 heteroatoms. The number of urea groups is 1. The van der Waals surface area contributed by atoms with Crippen molar-refractivity contribution in [3.63, 3.8) is 0 Å². The molecular formula is C10H11ClN2O3S. The van der Waals surface area contributed by atoms with Crippen molar-refractivity contribution in [3.05, 3.63) is 41.9 Å². The van der Waals surface area contributed by atoms with E-state index in [1.807, 2.05) is 4.72 Å². The van der Waals surface area contributed by atoms with Gasteiger partial charge in [-0.3, -0.25) is 0 Å². The molecule has 0 aliphatic rings. The normalized spacial score (nSPS) is 10.6. The summed E-state index contributed by atoms with van der Waals surface area (Å²) in [5.74, 6) is 0. The fourth-order valence-corrected chi connectivity index (χ4v) is 2.05. The summed E-state index contributed by atoms with van der Waals surface area (Å²) in [6.45, 7) is 3.57. The first-order valence-corrected chi connectivity index (χ1v) is 6.49. The molecule has 0 aliphatic heterocycles. The first-order valence-electron chi connectivity index (χ1n) is 4.63. The van der Waals surface area contributed by atoms with Gasteiger partial charge in [-0.2, -0.15) is 0 Å². The lowest BCUT2D eigenvalue weighted by molar-refractivity contribution is 0.247. The van der Waals surface area contributed by atoms with E-state index < -0.39 is 16.1 Å². The predicted molar refractivity (Wildman–Crippen MR) is 65.4 cm³/mol. The zero-order valence-corrected chi connectivity index (χ0v) is 10.4. The highest BCUT2D eigenvalue weighted by atomic mass is 35.5. The molecule has 0 atom stereocenters. The van der Waals surface area contributed by atoms with Gasteiger partial charge in [0.1, 0.15) is 0 Å². The number of rotatable bonds is 4. The van der Waals surface area contributed by atoms with Crippen LogP contribution >= 0.6 is 11.6 Å². The lowest BCUT2D eigenvalue weighted by Crippen LogP contribution is -2.39. The molecule has 0 aliphatic carbocycles. The molecule has 1 aromatic carbocycles. The molecule has 2 amide bonds. The van der Waals surface area contributed by atoms with Crippen molar-refractivity contribution in [2.24, 2.45) is 0 Å². The van der Waals surface area contributed by atoms with Crippen LogP contribution < -0.4 is 10.0 Å². The van der Waals surface area contributed by atoms with E-state index in [4.69, 9.17) is 11.6 Å². The van der Waals surface area contributed by atoms with Gasteiger partial charge in [0, 0.05) is 11.6 Å². The average molecular weight is 275 g/mol. The van der Waals surface area contributed by atoms with E-state index in [1.165, 1.54) is 30.3 Å². The van der Waals surface area contributed by atoms with Gasteiger partial charge in [0.05, 0.1) is 4.90 Å². The van der Waals surface area contributed by atoms with E-state index in [0.29, 0.717) is 5.02 Å². The number of halogens is 1. The topological polar surface area (TPSA) is 75.3 Å². The second kappa shape index (κ2) is 5.70. The van der Waals surface area contributed by atoms with Gasteiger partial charge in [0.15, 0.2) is 0 Å². The minimum absolute atomic E-state index is 0.0318. The number of amides is 2. The fourth-order valence-electron chi connectivity index (χ4n) is 0.996. The van der Waals surface area contributed by atoms with Crippen molar-refractivity contribution in [3.8, 4) is 0 Å². The molecule has 0 unspecified atom stereocenters. The molecule has 0 spiro atoms. The van der Waals surface area contributed by atoms with Crippen molar-refractivity contribution in [2.75, 3.05) is 6.54 Å². The summed E-state index contributed by atoms with van der Waals surface area (Å²) in [6.07, 6.45) is 1.44. The number of carbonyl (C=O) groups excluding carboxylic acids is 1. The third kappa shape index (κ3) is 4.08. The molecule has 2 N–H and O–H groups in total. The summed E-state index contributed by atoms with van der Waals surface area (Å²) in [7, 11) is -3.86. The fraction of sp³-hybridized carbons (Fsp3) is 0.100. The summed E-state index contributed by atoms with van der Waals surface area (Å²) >= 11 is 5.63. The highest BCUT2D eigenvalue weighted by Crippen LogP contribution is 2.13. The summed E-state index contributed by atoms with van der Waals surface area (Å²) in [6, 6.07) is 4.67. The van der Waals surface area contributed by atoms with Crippen LogP contribution in [0.1, 0.15) is 0 Å². The van der Waals surface area contributed by atoms with Gasteiger partial charge in [-0.25, -0.2) is 17.9 Å². The third-order valence-corrected chi connectivity index (χ3v) is 3.36. The van der Waals surface area contributed by atoms with Gasteiger partial charge in [0.2, 0.25) is 0 Å². The second-order valence-electron chi connectivity index (χ2n) is 3.06. The Morgan fingerprint density at radius 1 is 1.35 bits per heavy atom. The van der Waals surface area contributed by atoms with Crippen LogP contribution in [-0.2, 0) is 10.0 Å². The first kappa shape index (κ1) is 13.5. The maximum Gasteiger partial charge on any atom is 0.328 e. The molecule has 0 heterocycles. The van der Waals surface area contributed by atoms with Crippen LogP contribution in [0.4, 0.5) is 4.79 Å². The van der Waals surface area contributed by atoms with Gasteiger partial charge < -0.3 is 5.32 Å². The van der Waals surface area contributed by atoms with Crippen LogP contribution in [0.25, 0.3) is 0 Å². The highest BCUT2D eigenvalue weighted by Gasteiger charge is 2.16. The molecule has 1 aromatic rings. The zero-order chi connectivity index (χ0) is 12.9. The lowest BCUT2D eigenvalue weighted by Gasteiger charge is -2.07. The lowest BCUT2D eigenvalue weighted by atomic mass is 10.4. The van der Waals surface area contributed by atoms with Crippen molar-refractivity contribution in [1.82, 2.24) is 10.0 Å². The number of carbonyl (C=O) groups is 1. The summed E-state index contributed by atoms with van der Waals surface area (Å²) in [4.78, 5) is 11.2. The van der Waals surface area contributed by atoms with Gasteiger partial charge >= 0.3 is 6.03 Å². The number of nitrogens with one attached hydrogen (secondary N) is 2. The van der Waals surface area contributed by atoms with E-state index in [9.17, 15) is 13.2 Å². The van der Waals surface area contributed by atoms with Crippen molar-refractivity contribution < 1.29 is 13.2 Å². The number of hydrogen-bond acceptors (Lipinski definition) is 3. The Morgan fingerprint density at radius 3 is 2.47 bits per heavy atom. The molecule has 1 rings (SSSR count). The van der Waals surface area contributed by atoms with Crippen molar-refractivity contribution >= 4 is 27.7 Å². The number of benzene rings is 1. The molecule has 0 bridgehead atoms. The smallest absolute Gasteiger partial charge is 0.328 e. The maximum atomic E-state index is 11.7. The van der Waals surface area contributed by atoms with Crippen molar-refractivity contribution in [2.45, 2.75) is 4.90 Å². The van der Waals surface area contributed by atoms with Gasteiger partial charge in [-0.15, -0.1) is 6.58 Å². The van der Waals surface area contributed by atoms with E-state index in [-0.39, 0.29) is 11.4 Å². The van der Waals surface area contributed by atoms with Gasteiger partial charge in [0.25, 0.3) is 10.0 Å². The van der Waals surface area contributed by atoms with Crippen molar-refractivity contribution in [1.29, 1.82) is 0 Å². The van der Waals surface area contributed by atoms with Crippen LogP contribution in [0, 0.1) is 0 Å². The molecule has 0 saturated heterocycles. The minimum atomic E-state index is -3.86. The van der Waals surface area contributed by atoms with Crippen LogP contribution in [0.5, 0.6) is 0 Å². The molecule has 0 aromatic heterocycles. The summed E-state index contributed by atoms with van der Waals surface area (Å²) in [5.41, 5.74) is 0. The molecular weight excluding hydrogens is 264 g/mol. The maximum absolute atomic E-state index is 11.7. The standard InChI is InChI=1S/C10H11ClN2O3S/c1-2-7-12-10(14)13-17(15,16)9-5-3-8(11)4-6-9/h2-6H,1,7H2,(H2,12,13,14). The molecule has 17 heavy (non-hydrogen) atoms. The van der Waals surface area contributed by atoms with Crippen LogP contribution in [-0.4, -0.2) is 21.0 Å². The minimum Gasteiger partial charge on any atom is -0.334 e. The van der Waals surface area contributed by atoms with E-state index in [0.717, 1.165) is 0 Å². The molecule has 5 nitrogen and oxygen atoms in total. The Kier molecular flexibility index (Phi) is 4.53. The Balaban J connectivity index is 2.78. The van der Waals surface area contributed by atoms with Crippen LogP contribution in [0.2, 0.25) is 5.02 Å². The van der Waals surface area contributed by atoms with E-state index in [2.05, 4.69) is 11.9 Å². The molecule has 92 valence electrons. The van der Waals surface area contributed by atoms with Crippen LogP contribution in [0.15, 0.2) is 41.8 Å². The summed E-state index contributed by atoms with van der Waals surface area (Å²) < 4.78 is 25.2. The quantitative estimate of drug-likeness (QED) is 0.818. The average Bonchev–Trinajstić information content (AvgIpc) is 2.26. The Bertz CT molecular complexity index is 511. The number of sulfonamides is 1. The number of hydrogen-bond donors (Lipinski definition) is 2. The molecule has 0 saturated carbocycles. The monoisotopic (exact) mass is 274 g/mol. The van der Waals surface area contributed by atoms with E-state index >= 15 is 0 Å². The largest absolute Gasteiger partial charge is 0.334 e. The SMILES string of the molecule is C=CCNC(=O)NS(=O)(=O)c1ccc(Cl)cc1. The zero-order valence-electron chi connectivity index (χ0n) is 8.81. The Morgan fingerprint density at radius 2 is 1.94 bits per heavy atom. The van der Waals surface area contributed by atoms with Gasteiger partial charge in [-0.05, 0) is 24.3 Å². The molecule has 0 fully saturated rings. The van der Waals surface area contributed by atoms with Gasteiger partial charge in [-0.1, -0.05) is 17.7 Å². The third-order valence-electron chi connectivity index (χ3n) is 1.76. The summed E-state index contributed by atoms with van der Waals surface area (Å²) in [5, 5.41) is 2.71. The predicted octanol–water partition coefficient (Wildman–Crippen LogP) is 1.51.